The first kappa shape index (κ1) is 20.6. The number of nitrogens with one attached hydrogen (secondary N) is 1. The zero-order valence-corrected chi connectivity index (χ0v) is 12.7. The summed E-state index contributed by atoms with van der Waals surface area (Å²) in [4.78, 5) is 23.8. The minimum absolute atomic E-state index is 0. The van der Waals surface area contributed by atoms with Crippen LogP contribution < -0.4 is 5.84 Å². The molecule has 0 aliphatic carbocycles. The summed E-state index contributed by atoms with van der Waals surface area (Å²) in [5, 5.41) is 0. The zero-order valence-electron chi connectivity index (χ0n) is 10.7. The van der Waals surface area contributed by atoms with Crippen LogP contribution in [-0.4, -0.2) is 17.6 Å². The molecule has 20 heavy (non-hydrogen) atoms. The average Bonchev–Trinajstić information content (AvgIpc) is 2.52. The van der Waals surface area contributed by atoms with Gasteiger partial charge in [0.2, 0.25) is 0 Å². The minimum atomic E-state index is 0. The van der Waals surface area contributed by atoms with Crippen LogP contribution in [0.15, 0.2) is 54.7 Å². The molecule has 6 heteroatoms. The normalized spacial score (nSPS) is 7.70. The molecule has 0 radical (unpaired) electrons. The van der Waals surface area contributed by atoms with E-state index in [1.807, 2.05) is 24.3 Å². The van der Waals surface area contributed by atoms with Gasteiger partial charge in [-0.2, -0.15) is 17.7 Å². The number of carbonyl (C=O) groups excluding carboxylic acids is 2. The van der Waals surface area contributed by atoms with E-state index in [1.54, 1.807) is 36.7 Å². The Morgan fingerprint density at radius 3 is 2.10 bits per heavy atom. The third kappa shape index (κ3) is 10.3. The van der Waals surface area contributed by atoms with E-state index in [4.69, 9.17) is 5.84 Å². The van der Waals surface area contributed by atoms with Gasteiger partial charge < -0.3 is 21.3 Å². The predicted octanol–water partition coefficient (Wildman–Crippen LogP) is 1.88. The van der Waals surface area contributed by atoms with Crippen molar-refractivity contribution in [2.75, 3.05) is 0 Å². The first-order chi connectivity index (χ1) is 9.36. The average molecular weight is 353 g/mol. The molecule has 0 aliphatic heterocycles. The van der Waals surface area contributed by atoms with Crippen molar-refractivity contribution in [3.63, 3.8) is 0 Å². The van der Waals surface area contributed by atoms with E-state index in [1.165, 1.54) is 0 Å². The fourth-order valence-electron chi connectivity index (χ4n) is 1.11. The minimum Gasteiger partial charge on any atom is -0.615 e. The molecule has 0 saturated heterocycles. The Morgan fingerprint density at radius 1 is 1.10 bits per heavy atom. The van der Waals surface area contributed by atoms with Crippen LogP contribution in [0.1, 0.15) is 11.3 Å². The molecule has 2 rings (SSSR count). The van der Waals surface area contributed by atoms with Gasteiger partial charge in [0.15, 0.2) is 0 Å². The summed E-state index contributed by atoms with van der Waals surface area (Å²) in [6.45, 7) is 0. The summed E-state index contributed by atoms with van der Waals surface area (Å²) >= 11 is 0. The molecule has 0 aliphatic rings. The number of benzene rings is 1. The molecule has 0 amide bonds. The molecule has 0 saturated carbocycles. The van der Waals surface area contributed by atoms with Gasteiger partial charge in [-0.05, 0) is 12.1 Å². The smallest absolute Gasteiger partial charge is 0.615 e. The topological polar surface area (TPSA) is 96.8 Å². The Balaban J connectivity index is 0. The molecule has 0 spiro atoms. The maximum absolute atomic E-state index is 9.93. The van der Waals surface area contributed by atoms with Gasteiger partial charge >= 0.3 is 21.1 Å². The molecule has 104 valence electrons. The van der Waals surface area contributed by atoms with Crippen LogP contribution in [-0.2, 0) is 37.1 Å². The van der Waals surface area contributed by atoms with Crippen molar-refractivity contribution in [3.8, 4) is 0 Å². The molecule has 2 aromatic rings. The Hall–Kier alpha value is -1.68. The van der Waals surface area contributed by atoms with Crippen molar-refractivity contribution in [1.82, 2.24) is 4.98 Å². The monoisotopic (exact) mass is 355 g/mol. The van der Waals surface area contributed by atoms with Gasteiger partial charge in [0.25, 0.3) is 0 Å². The second-order valence-electron chi connectivity index (χ2n) is 3.16. The molecule has 0 bridgehead atoms. The first-order valence-corrected chi connectivity index (χ1v) is 5.42. The molecule has 0 atom stereocenters. The van der Waals surface area contributed by atoms with Crippen LogP contribution in [0.5, 0.6) is 0 Å². The van der Waals surface area contributed by atoms with E-state index < -0.39 is 0 Å². The van der Waals surface area contributed by atoms with E-state index in [0.29, 0.717) is 12.0 Å². The SMILES string of the molecule is O=CCc1ccccn1.O=[C-]c1ccccc1.[Mo+2].[NH-]N. The van der Waals surface area contributed by atoms with Crippen molar-refractivity contribution in [2.24, 2.45) is 5.84 Å². The third-order valence-corrected chi connectivity index (χ3v) is 1.91. The maximum atomic E-state index is 9.93. The van der Waals surface area contributed by atoms with Gasteiger partial charge in [-0.15, -0.1) is 12.1 Å². The summed E-state index contributed by atoms with van der Waals surface area (Å²) in [5.74, 6) is 9.00. The molecule has 0 unspecified atom stereocenters. The zero-order chi connectivity index (χ0) is 14.3. The quantitative estimate of drug-likeness (QED) is 0.300. The maximum Gasteiger partial charge on any atom is 2.00 e. The van der Waals surface area contributed by atoms with Crippen molar-refractivity contribution >= 4 is 12.6 Å². The van der Waals surface area contributed by atoms with Crippen molar-refractivity contribution in [3.05, 3.63) is 71.8 Å². The van der Waals surface area contributed by atoms with Gasteiger partial charge in [-0.25, -0.2) is 0 Å². The number of carbonyl (C=O) groups is 1. The van der Waals surface area contributed by atoms with E-state index in [0.717, 1.165) is 12.0 Å². The second-order valence-corrected chi connectivity index (χ2v) is 3.16. The summed E-state index contributed by atoms with van der Waals surface area (Å²) in [7, 11) is 0. The van der Waals surface area contributed by atoms with Crippen molar-refractivity contribution < 1.29 is 30.7 Å². The Kier molecular flexibility index (Phi) is 15.9. The Labute approximate surface area is 132 Å². The number of nitrogens with two attached hydrogens (primary N) is 1. The van der Waals surface area contributed by atoms with E-state index in [-0.39, 0.29) is 21.1 Å². The first-order valence-electron chi connectivity index (χ1n) is 5.42. The number of pyridine rings is 1. The largest absolute Gasteiger partial charge is 2.00 e. The molecule has 5 nitrogen and oxygen atoms in total. The predicted molar refractivity (Wildman–Crippen MR) is 73.8 cm³/mol. The van der Waals surface area contributed by atoms with E-state index in [9.17, 15) is 9.59 Å². The van der Waals surface area contributed by atoms with Crippen LogP contribution in [0, 0.1) is 0 Å². The number of nitrogens with zero attached hydrogens (tertiary/aromatic N) is 1. The van der Waals surface area contributed by atoms with Gasteiger partial charge in [-0.3, -0.25) is 4.98 Å². The standard InChI is InChI=1S/C7H7NO.C7H5O.Mo.H3N2/c9-6-4-7-3-1-2-5-8-7;8-6-7-4-2-1-3-5-7;;1-2/h1-3,5-6H,4H2;1-5H;;1H,2H2/q;-1;+2;-1. The molecule has 1 aromatic heterocycles. The molecule has 1 aromatic carbocycles. The summed E-state index contributed by atoms with van der Waals surface area (Å²) in [5.41, 5.74) is 1.43. The summed E-state index contributed by atoms with van der Waals surface area (Å²) in [6, 6.07) is 14.4. The van der Waals surface area contributed by atoms with Crippen LogP contribution >= 0.6 is 0 Å². The van der Waals surface area contributed by atoms with Gasteiger partial charge in [-0.1, -0.05) is 12.1 Å². The van der Waals surface area contributed by atoms with Crippen molar-refractivity contribution in [2.45, 2.75) is 6.42 Å². The summed E-state index contributed by atoms with van der Waals surface area (Å²) < 4.78 is 0. The Bertz CT molecular complexity index is 452. The molecule has 3 N–H and O–H groups in total. The third-order valence-electron chi connectivity index (χ3n) is 1.91. The van der Waals surface area contributed by atoms with Crippen LogP contribution in [0.2, 0.25) is 0 Å². The van der Waals surface area contributed by atoms with E-state index >= 15 is 0 Å². The van der Waals surface area contributed by atoms with E-state index in [2.05, 4.69) is 10.8 Å². The van der Waals surface area contributed by atoms with Gasteiger partial charge in [0, 0.05) is 18.3 Å². The number of rotatable bonds is 3. The number of aldehydes is 1. The van der Waals surface area contributed by atoms with Crippen LogP contribution in [0.3, 0.4) is 0 Å². The molecule has 0 fully saturated rings. The molecular weight excluding hydrogens is 338 g/mol. The number of aromatic nitrogens is 1. The number of hydrogen-bond acceptors (Lipinski definition) is 4. The fourth-order valence-corrected chi connectivity index (χ4v) is 1.11. The van der Waals surface area contributed by atoms with Crippen LogP contribution in [0.4, 0.5) is 0 Å². The second kappa shape index (κ2) is 15.4. The molecule has 1 heterocycles. The summed E-state index contributed by atoms with van der Waals surface area (Å²) in [6.07, 6.45) is 4.72. The van der Waals surface area contributed by atoms with Gasteiger partial charge in [0.05, 0.1) is 6.29 Å². The molecular formula is C14H15MoN3O2. The number of hydrogen-bond donors (Lipinski definition) is 1. The fraction of sp³-hybridized carbons (Fsp3) is 0.0714. The van der Waals surface area contributed by atoms with Gasteiger partial charge in [0.1, 0.15) is 6.29 Å². The van der Waals surface area contributed by atoms with Crippen molar-refractivity contribution in [1.29, 1.82) is 0 Å². The Morgan fingerprint density at radius 2 is 1.70 bits per heavy atom. The van der Waals surface area contributed by atoms with Crippen LogP contribution in [0.25, 0.3) is 5.84 Å².